The van der Waals surface area contributed by atoms with Gasteiger partial charge >= 0.3 is 6.03 Å². The lowest BCUT2D eigenvalue weighted by Gasteiger charge is -2.59. The number of benzene rings is 3. The molecule has 0 bridgehead atoms. The average molecular weight is 510 g/mol. The van der Waals surface area contributed by atoms with Crippen LogP contribution in [0.4, 0.5) is 10.5 Å². The minimum atomic E-state index is -0.0950. The van der Waals surface area contributed by atoms with Crippen molar-refractivity contribution >= 4 is 11.7 Å². The number of nitrogens with one attached hydrogen (secondary N) is 1. The lowest BCUT2D eigenvalue weighted by atomic mass is 9.73. The fraction of sp³-hybridized carbons (Fsp3) is 0.344. The van der Waals surface area contributed by atoms with E-state index in [4.69, 9.17) is 4.74 Å². The van der Waals surface area contributed by atoms with Crippen molar-refractivity contribution in [2.24, 2.45) is 0 Å². The lowest BCUT2D eigenvalue weighted by Crippen LogP contribution is -2.70. The summed E-state index contributed by atoms with van der Waals surface area (Å²) < 4.78 is 5.22. The van der Waals surface area contributed by atoms with E-state index in [2.05, 4.69) is 53.2 Å². The molecule has 3 aromatic carbocycles. The van der Waals surface area contributed by atoms with Gasteiger partial charge in [0, 0.05) is 53.9 Å². The van der Waals surface area contributed by atoms with Crippen LogP contribution in [0.1, 0.15) is 42.4 Å². The summed E-state index contributed by atoms with van der Waals surface area (Å²) in [4.78, 5) is 17.6. The highest BCUT2D eigenvalue weighted by molar-refractivity contribution is 5.89. The highest BCUT2D eigenvalue weighted by Gasteiger charge is 2.51. The van der Waals surface area contributed by atoms with E-state index in [9.17, 15) is 9.90 Å². The Morgan fingerprint density at radius 3 is 2.34 bits per heavy atom. The van der Waals surface area contributed by atoms with E-state index in [1.165, 1.54) is 5.56 Å². The van der Waals surface area contributed by atoms with E-state index in [0.717, 1.165) is 35.4 Å². The summed E-state index contributed by atoms with van der Waals surface area (Å²) in [6.45, 7) is 3.66. The molecule has 2 fully saturated rings. The largest absolute Gasteiger partial charge is 0.497 e. The van der Waals surface area contributed by atoms with Gasteiger partial charge in [-0.25, -0.2) is 4.79 Å². The van der Waals surface area contributed by atoms with Gasteiger partial charge in [0.15, 0.2) is 0 Å². The number of hydrogen-bond donors (Lipinski definition) is 2. The number of rotatable bonds is 4. The maximum Gasteiger partial charge on any atom is 0.321 e. The van der Waals surface area contributed by atoms with E-state index in [0.29, 0.717) is 19.1 Å². The zero-order valence-corrected chi connectivity index (χ0v) is 22.0. The molecular formula is C32H35N3O3. The Bertz CT molecular complexity index is 1280. The number of hydrogen-bond acceptors (Lipinski definition) is 4. The van der Waals surface area contributed by atoms with Gasteiger partial charge in [-0.05, 0) is 73.9 Å². The molecule has 0 spiro atoms. The molecule has 2 aliphatic heterocycles. The minimum Gasteiger partial charge on any atom is -0.497 e. The number of methoxy groups -OCH3 is 1. The van der Waals surface area contributed by atoms with E-state index < -0.39 is 0 Å². The average Bonchev–Trinajstić information content (AvgIpc) is 2.93. The molecule has 2 heterocycles. The molecule has 6 nitrogen and oxygen atoms in total. The molecule has 38 heavy (non-hydrogen) atoms. The van der Waals surface area contributed by atoms with E-state index in [-0.39, 0.29) is 30.6 Å². The minimum absolute atomic E-state index is 0.0425. The molecule has 0 aliphatic carbocycles. The zero-order valence-electron chi connectivity index (χ0n) is 22.0. The van der Waals surface area contributed by atoms with Gasteiger partial charge in [0.05, 0.1) is 13.7 Å². The number of carbonyl (C=O) groups is 1. The van der Waals surface area contributed by atoms with E-state index >= 15 is 0 Å². The second kappa shape index (κ2) is 11.7. The van der Waals surface area contributed by atoms with Crippen molar-refractivity contribution in [1.82, 2.24) is 9.80 Å². The summed E-state index contributed by atoms with van der Waals surface area (Å²) in [5, 5.41) is 13.4. The van der Waals surface area contributed by atoms with Crippen LogP contribution < -0.4 is 10.1 Å². The first-order chi connectivity index (χ1) is 18.6. The summed E-state index contributed by atoms with van der Waals surface area (Å²) in [5.74, 6) is 7.35. The van der Waals surface area contributed by atoms with Crippen LogP contribution in [0.3, 0.4) is 0 Å². The fourth-order valence-corrected chi connectivity index (χ4v) is 5.85. The molecule has 2 amide bonds. The van der Waals surface area contributed by atoms with Crippen molar-refractivity contribution in [3.05, 3.63) is 95.6 Å². The highest BCUT2D eigenvalue weighted by Crippen LogP contribution is 2.44. The molecule has 2 aliphatic rings. The van der Waals surface area contributed by atoms with Gasteiger partial charge in [0.2, 0.25) is 0 Å². The number of fused-ring (bicyclic) bond motifs is 1. The smallest absolute Gasteiger partial charge is 0.321 e. The van der Waals surface area contributed by atoms with Gasteiger partial charge in [-0.15, -0.1) is 0 Å². The van der Waals surface area contributed by atoms with Gasteiger partial charge in [-0.1, -0.05) is 42.2 Å². The van der Waals surface area contributed by atoms with Crippen molar-refractivity contribution in [2.45, 2.75) is 43.8 Å². The predicted molar refractivity (Wildman–Crippen MR) is 150 cm³/mol. The second-order valence-electron chi connectivity index (χ2n) is 10.1. The van der Waals surface area contributed by atoms with Crippen LogP contribution in [0, 0.1) is 11.8 Å². The summed E-state index contributed by atoms with van der Waals surface area (Å²) in [5.41, 5.74) is 3.87. The number of carbonyl (C=O) groups excluding carboxylic acids is 1. The topological polar surface area (TPSA) is 65.0 Å². The van der Waals surface area contributed by atoms with Crippen molar-refractivity contribution in [3.63, 3.8) is 0 Å². The molecule has 1 unspecified atom stereocenters. The van der Waals surface area contributed by atoms with Gasteiger partial charge in [-0.3, -0.25) is 4.90 Å². The lowest BCUT2D eigenvalue weighted by molar-refractivity contribution is -0.0854. The van der Waals surface area contributed by atoms with Crippen LogP contribution in [0.15, 0.2) is 78.9 Å². The zero-order chi connectivity index (χ0) is 26.5. The molecule has 3 aromatic rings. The van der Waals surface area contributed by atoms with Crippen LogP contribution >= 0.6 is 0 Å². The van der Waals surface area contributed by atoms with Crippen molar-refractivity contribution in [3.8, 4) is 17.6 Å². The van der Waals surface area contributed by atoms with Crippen molar-refractivity contribution in [1.29, 1.82) is 0 Å². The van der Waals surface area contributed by atoms with Crippen molar-refractivity contribution < 1.29 is 14.6 Å². The quantitative estimate of drug-likeness (QED) is 0.489. The first-order valence-corrected chi connectivity index (χ1v) is 13.3. The molecule has 4 atom stereocenters. The molecule has 196 valence electrons. The number of anilines is 1. The van der Waals surface area contributed by atoms with Gasteiger partial charge < -0.3 is 20.1 Å². The third-order valence-corrected chi connectivity index (χ3v) is 7.80. The Kier molecular flexibility index (Phi) is 7.97. The SMILES string of the molecule is COc1ccc(NC(=O)N2CCCC(C)N3[C@H](CO)[C@H](c4ccc(C#Cc5ccccc5)cc4)[C@@H]3C2)cc1. The third-order valence-electron chi connectivity index (χ3n) is 7.80. The second-order valence-corrected chi connectivity index (χ2v) is 10.1. The van der Waals surface area contributed by atoms with Gasteiger partial charge in [0.1, 0.15) is 5.75 Å². The van der Waals surface area contributed by atoms with Crippen LogP contribution in [0.2, 0.25) is 0 Å². The first kappa shape index (κ1) is 25.8. The maximum atomic E-state index is 13.3. The van der Waals surface area contributed by atoms with Crippen LogP contribution in [0.5, 0.6) is 5.75 Å². The fourth-order valence-electron chi connectivity index (χ4n) is 5.85. The van der Waals surface area contributed by atoms with Gasteiger partial charge in [0.25, 0.3) is 0 Å². The van der Waals surface area contributed by atoms with Gasteiger partial charge in [-0.2, -0.15) is 0 Å². The summed E-state index contributed by atoms with van der Waals surface area (Å²) in [6, 6.07) is 26.2. The van der Waals surface area contributed by atoms with Crippen LogP contribution in [0.25, 0.3) is 0 Å². The molecule has 2 N–H and O–H groups in total. The molecule has 5 rings (SSSR count). The summed E-state index contributed by atoms with van der Waals surface area (Å²) in [7, 11) is 1.63. The van der Waals surface area contributed by atoms with Crippen LogP contribution in [-0.4, -0.2) is 65.9 Å². The number of aliphatic hydroxyl groups excluding tert-OH is 1. The Labute approximate surface area is 225 Å². The maximum absolute atomic E-state index is 13.3. The Hall–Kier alpha value is -3.79. The number of aliphatic hydroxyl groups is 1. The van der Waals surface area contributed by atoms with E-state index in [1.807, 2.05) is 59.5 Å². The molecule has 0 aromatic heterocycles. The molecule has 2 saturated heterocycles. The summed E-state index contributed by atoms with van der Waals surface area (Å²) >= 11 is 0. The normalized spacial score (nSPS) is 23.1. The Morgan fingerprint density at radius 1 is 1.00 bits per heavy atom. The monoisotopic (exact) mass is 509 g/mol. The molecule has 6 heteroatoms. The molecule has 0 radical (unpaired) electrons. The molecular weight excluding hydrogens is 474 g/mol. The van der Waals surface area contributed by atoms with Crippen molar-refractivity contribution in [2.75, 3.05) is 32.1 Å². The molecule has 0 saturated carbocycles. The third kappa shape index (κ3) is 5.55. The first-order valence-electron chi connectivity index (χ1n) is 13.3. The Balaban J connectivity index is 1.33. The number of ether oxygens (including phenoxy) is 1. The Morgan fingerprint density at radius 2 is 1.68 bits per heavy atom. The standard InChI is InChI=1S/C32H35N3O3/c1-23-7-6-20-34(32(37)33-27-16-18-28(38-2)19-17-27)21-29-31(30(22-36)35(23)29)26-14-12-25(13-15-26)11-10-24-8-4-3-5-9-24/h3-5,8-9,12-19,23,29-31,36H,6-7,20-22H2,1-2H3,(H,33,37)/t23?,29-,30+,31+/m0/s1. The summed E-state index contributed by atoms with van der Waals surface area (Å²) in [6.07, 6.45) is 1.91. The predicted octanol–water partition coefficient (Wildman–Crippen LogP) is 4.94. The van der Waals surface area contributed by atoms with Crippen LogP contribution in [-0.2, 0) is 0 Å². The highest BCUT2D eigenvalue weighted by atomic mass is 16.5. The number of amides is 2. The number of nitrogens with zero attached hydrogens (tertiary/aromatic N) is 2. The number of urea groups is 1. The van der Waals surface area contributed by atoms with E-state index in [1.54, 1.807) is 7.11 Å².